The number of nitrogens with one attached hydrogen (secondary N) is 1. The van der Waals surface area contributed by atoms with Crippen molar-refractivity contribution in [2.75, 3.05) is 12.4 Å². The summed E-state index contributed by atoms with van der Waals surface area (Å²) < 4.78 is 5.21. The van der Waals surface area contributed by atoms with Crippen LogP contribution in [-0.2, 0) is 11.2 Å². The summed E-state index contributed by atoms with van der Waals surface area (Å²) >= 11 is 12.0. The smallest absolute Gasteiger partial charge is 0.228 e. The third-order valence-corrected chi connectivity index (χ3v) is 6.39. The third kappa shape index (κ3) is 3.81. The van der Waals surface area contributed by atoms with Crippen molar-refractivity contribution in [1.29, 1.82) is 0 Å². The predicted octanol–water partition coefficient (Wildman–Crippen LogP) is 6.30. The van der Waals surface area contributed by atoms with E-state index in [2.05, 4.69) is 15.5 Å². The van der Waals surface area contributed by atoms with Gasteiger partial charge in [-0.1, -0.05) is 41.4 Å². The summed E-state index contributed by atoms with van der Waals surface area (Å²) in [5, 5.41) is 12.3. The number of amides is 1. The highest BCUT2D eigenvalue weighted by Crippen LogP contribution is 2.49. The SMILES string of the molecule is COc1ccc(C2=C3C(=O)c4c(NC(=O)Cc5ccc(Cl)c(Cl)c5)cccc4C3N=N2)cc1. The highest BCUT2D eigenvalue weighted by Gasteiger charge is 2.42. The van der Waals surface area contributed by atoms with Crippen molar-refractivity contribution in [2.45, 2.75) is 12.5 Å². The molecule has 0 bridgehead atoms. The first kappa shape index (κ1) is 21.4. The van der Waals surface area contributed by atoms with Crippen molar-refractivity contribution in [3.63, 3.8) is 0 Å². The molecule has 0 radical (unpaired) electrons. The monoisotopic (exact) mass is 477 g/mol. The minimum Gasteiger partial charge on any atom is -0.497 e. The average molecular weight is 478 g/mol. The normalized spacial score (nSPS) is 16.1. The van der Waals surface area contributed by atoms with Gasteiger partial charge >= 0.3 is 0 Å². The van der Waals surface area contributed by atoms with Crippen LogP contribution < -0.4 is 10.1 Å². The molecule has 1 aliphatic heterocycles. The number of nitrogens with zero attached hydrogens (tertiary/aromatic N) is 2. The number of ketones is 1. The number of rotatable bonds is 5. The van der Waals surface area contributed by atoms with Gasteiger partial charge in [0, 0.05) is 5.56 Å². The fourth-order valence-corrected chi connectivity index (χ4v) is 4.41. The molecule has 0 saturated carbocycles. The second kappa shape index (κ2) is 8.46. The number of hydrogen-bond donors (Lipinski definition) is 1. The van der Waals surface area contributed by atoms with Crippen LogP contribution in [0.15, 0.2) is 76.5 Å². The summed E-state index contributed by atoms with van der Waals surface area (Å²) in [6.45, 7) is 0. The largest absolute Gasteiger partial charge is 0.497 e. The van der Waals surface area contributed by atoms with Crippen molar-refractivity contribution in [2.24, 2.45) is 10.2 Å². The summed E-state index contributed by atoms with van der Waals surface area (Å²) in [5.41, 5.74) is 4.19. The van der Waals surface area contributed by atoms with E-state index in [9.17, 15) is 9.59 Å². The topological polar surface area (TPSA) is 80.1 Å². The number of fused-ring (bicyclic) bond motifs is 3. The first-order valence-corrected chi connectivity index (χ1v) is 10.9. The maximum Gasteiger partial charge on any atom is 0.228 e. The van der Waals surface area contributed by atoms with Gasteiger partial charge in [0.05, 0.1) is 40.4 Å². The van der Waals surface area contributed by atoms with Crippen molar-refractivity contribution >= 4 is 46.3 Å². The molecule has 1 aliphatic carbocycles. The van der Waals surface area contributed by atoms with E-state index in [0.29, 0.717) is 38.3 Å². The van der Waals surface area contributed by atoms with Gasteiger partial charge in [0.2, 0.25) is 5.91 Å². The molecule has 1 unspecified atom stereocenters. The number of halogens is 2. The first-order chi connectivity index (χ1) is 16.0. The average Bonchev–Trinajstić information content (AvgIpc) is 3.37. The Balaban J connectivity index is 1.44. The van der Waals surface area contributed by atoms with Crippen molar-refractivity contribution in [3.8, 4) is 5.75 Å². The molecule has 1 atom stereocenters. The van der Waals surface area contributed by atoms with Crippen molar-refractivity contribution < 1.29 is 14.3 Å². The molecule has 3 aromatic carbocycles. The molecule has 3 aromatic rings. The molecule has 0 saturated heterocycles. The Morgan fingerprint density at radius 2 is 1.85 bits per heavy atom. The zero-order valence-corrected chi connectivity index (χ0v) is 18.9. The Labute approximate surface area is 199 Å². The quantitative estimate of drug-likeness (QED) is 0.468. The Morgan fingerprint density at radius 3 is 2.58 bits per heavy atom. The second-order valence-corrected chi connectivity index (χ2v) is 8.50. The molecule has 0 fully saturated rings. The zero-order chi connectivity index (χ0) is 23.1. The number of carbonyl (C=O) groups excluding carboxylic acids is 2. The number of carbonyl (C=O) groups is 2. The van der Waals surface area contributed by atoms with Crippen LogP contribution in [-0.4, -0.2) is 18.8 Å². The lowest BCUT2D eigenvalue weighted by atomic mass is 10.0. The second-order valence-electron chi connectivity index (χ2n) is 7.68. The fourth-order valence-electron chi connectivity index (χ4n) is 4.09. The van der Waals surface area contributed by atoms with E-state index in [1.807, 2.05) is 30.3 Å². The molecule has 164 valence electrons. The number of hydrogen-bond acceptors (Lipinski definition) is 5. The van der Waals surface area contributed by atoms with Crippen LogP contribution in [0.5, 0.6) is 5.75 Å². The van der Waals surface area contributed by atoms with Gasteiger partial charge in [0.15, 0.2) is 5.78 Å². The fraction of sp³-hybridized carbons (Fsp3) is 0.120. The van der Waals surface area contributed by atoms with Gasteiger partial charge in [0.1, 0.15) is 17.5 Å². The van der Waals surface area contributed by atoms with Crippen LogP contribution in [0.1, 0.15) is 33.1 Å². The summed E-state index contributed by atoms with van der Waals surface area (Å²) in [4.78, 5) is 26.2. The Kier molecular flexibility index (Phi) is 5.48. The lowest BCUT2D eigenvalue weighted by Crippen LogP contribution is -2.16. The van der Waals surface area contributed by atoms with Gasteiger partial charge in [-0.15, -0.1) is 0 Å². The summed E-state index contributed by atoms with van der Waals surface area (Å²) in [6.07, 6.45) is 0.0949. The molecular formula is C25H17Cl2N3O3. The predicted molar refractivity (Wildman–Crippen MR) is 127 cm³/mol. The van der Waals surface area contributed by atoms with Crippen LogP contribution in [0.4, 0.5) is 5.69 Å². The molecule has 1 heterocycles. The minimum atomic E-state index is -0.475. The van der Waals surface area contributed by atoms with Gasteiger partial charge in [-0.05, 0) is 53.6 Å². The number of azo groups is 1. The van der Waals surface area contributed by atoms with Crippen LogP contribution in [0.2, 0.25) is 10.0 Å². The standard InChI is InChI=1S/C25H17Cl2N3O3/c1-33-15-8-6-14(7-9-15)23-22-24(30-29-23)16-3-2-4-19(21(16)25(22)32)28-20(31)12-13-5-10-17(26)18(27)11-13/h2-11,24H,12H2,1H3,(H,28,31). The first-order valence-electron chi connectivity index (χ1n) is 10.2. The molecular weight excluding hydrogens is 461 g/mol. The van der Waals surface area contributed by atoms with E-state index in [1.165, 1.54) is 0 Å². The molecule has 33 heavy (non-hydrogen) atoms. The van der Waals surface area contributed by atoms with Crippen molar-refractivity contribution in [3.05, 3.63) is 98.5 Å². The highest BCUT2D eigenvalue weighted by atomic mass is 35.5. The van der Waals surface area contributed by atoms with Gasteiger partial charge < -0.3 is 10.1 Å². The van der Waals surface area contributed by atoms with E-state index in [0.717, 1.165) is 16.7 Å². The molecule has 0 spiro atoms. The third-order valence-electron chi connectivity index (χ3n) is 5.65. The zero-order valence-electron chi connectivity index (χ0n) is 17.4. The number of benzene rings is 3. The molecule has 8 heteroatoms. The molecule has 6 nitrogen and oxygen atoms in total. The van der Waals surface area contributed by atoms with E-state index in [-0.39, 0.29) is 18.1 Å². The Hall–Kier alpha value is -3.48. The minimum absolute atomic E-state index is 0.0949. The maximum atomic E-state index is 13.4. The van der Waals surface area contributed by atoms with Crippen LogP contribution in [0.25, 0.3) is 5.70 Å². The number of ether oxygens (including phenoxy) is 1. The maximum absolute atomic E-state index is 13.4. The molecule has 1 N–H and O–H groups in total. The molecule has 1 amide bonds. The van der Waals surface area contributed by atoms with Crippen molar-refractivity contribution in [1.82, 2.24) is 0 Å². The lowest BCUT2D eigenvalue weighted by Gasteiger charge is -2.10. The van der Waals surface area contributed by atoms with E-state index in [4.69, 9.17) is 27.9 Å². The highest BCUT2D eigenvalue weighted by molar-refractivity contribution is 6.42. The number of methoxy groups -OCH3 is 1. The molecule has 0 aromatic heterocycles. The number of Topliss-reactive ketones (excluding diaryl/α,β-unsaturated/α-hetero) is 1. The van der Waals surface area contributed by atoms with Gasteiger partial charge in [-0.25, -0.2) is 0 Å². The van der Waals surface area contributed by atoms with Crippen LogP contribution >= 0.6 is 23.2 Å². The summed E-state index contributed by atoms with van der Waals surface area (Å²) in [5.74, 6) is 0.262. The Morgan fingerprint density at radius 1 is 1.06 bits per heavy atom. The van der Waals surface area contributed by atoms with Gasteiger partial charge in [0.25, 0.3) is 0 Å². The molecule has 2 aliphatic rings. The lowest BCUT2D eigenvalue weighted by molar-refractivity contribution is -0.115. The summed E-state index contributed by atoms with van der Waals surface area (Å²) in [6, 6.07) is 17.2. The van der Waals surface area contributed by atoms with Gasteiger partial charge in [-0.3, -0.25) is 9.59 Å². The van der Waals surface area contributed by atoms with E-state index in [1.54, 1.807) is 37.4 Å². The molecule has 5 rings (SSSR count). The summed E-state index contributed by atoms with van der Waals surface area (Å²) in [7, 11) is 1.59. The van der Waals surface area contributed by atoms with Crippen LogP contribution in [0.3, 0.4) is 0 Å². The van der Waals surface area contributed by atoms with E-state index >= 15 is 0 Å². The Bertz CT molecular complexity index is 1360. The van der Waals surface area contributed by atoms with Gasteiger partial charge in [-0.2, -0.15) is 10.2 Å². The van der Waals surface area contributed by atoms with E-state index < -0.39 is 6.04 Å². The van der Waals surface area contributed by atoms with Crippen LogP contribution in [0, 0.1) is 0 Å². The number of anilines is 1.